The van der Waals surface area contributed by atoms with Crippen molar-refractivity contribution in [2.45, 2.75) is 31.7 Å². The van der Waals surface area contributed by atoms with Crippen LogP contribution in [0.4, 0.5) is 0 Å². The van der Waals surface area contributed by atoms with Crippen molar-refractivity contribution in [2.75, 3.05) is 13.1 Å². The molecule has 3 rings (SSSR count). The summed E-state index contributed by atoms with van der Waals surface area (Å²) in [6.07, 6.45) is 5.94. The average Bonchev–Trinajstić information content (AvgIpc) is 3.04. The van der Waals surface area contributed by atoms with Gasteiger partial charge >= 0.3 is 0 Å². The van der Waals surface area contributed by atoms with Gasteiger partial charge < -0.3 is 0 Å². The highest BCUT2D eigenvalue weighted by Gasteiger charge is 2.34. The van der Waals surface area contributed by atoms with Gasteiger partial charge in [0.25, 0.3) is 0 Å². The van der Waals surface area contributed by atoms with Gasteiger partial charge in [-0.15, -0.1) is 22.7 Å². The van der Waals surface area contributed by atoms with Crippen LogP contribution in [0.15, 0.2) is 17.8 Å². The summed E-state index contributed by atoms with van der Waals surface area (Å²) >= 11 is 9.36. The summed E-state index contributed by atoms with van der Waals surface area (Å²) in [6, 6.07) is 0. The van der Waals surface area contributed by atoms with E-state index in [1.54, 1.807) is 28.9 Å². The van der Waals surface area contributed by atoms with Gasteiger partial charge in [0.2, 0.25) is 0 Å². The molecule has 0 radical (unpaired) electrons. The Balaban J connectivity index is 1.62. The second-order valence-electron chi connectivity index (χ2n) is 5.23. The molecular weight excluding hydrogens is 298 g/mol. The van der Waals surface area contributed by atoms with E-state index in [2.05, 4.69) is 21.8 Å². The molecule has 3 heterocycles. The van der Waals surface area contributed by atoms with E-state index in [0.717, 1.165) is 36.8 Å². The quantitative estimate of drug-likeness (QED) is 0.863. The van der Waals surface area contributed by atoms with Gasteiger partial charge in [-0.25, -0.2) is 9.97 Å². The normalized spacial score (nSPS) is 19.7. The van der Waals surface area contributed by atoms with E-state index in [0.29, 0.717) is 0 Å². The zero-order chi connectivity index (χ0) is 13.3. The van der Waals surface area contributed by atoms with E-state index >= 15 is 0 Å². The van der Waals surface area contributed by atoms with Crippen LogP contribution in [0.5, 0.6) is 0 Å². The minimum Gasteiger partial charge on any atom is -0.297 e. The predicted molar refractivity (Wildman–Crippen MR) is 81.1 cm³/mol. The lowest BCUT2D eigenvalue weighted by Gasteiger charge is -2.37. The van der Waals surface area contributed by atoms with Gasteiger partial charge in [-0.1, -0.05) is 18.5 Å². The average molecular weight is 314 g/mol. The van der Waals surface area contributed by atoms with Gasteiger partial charge in [0.15, 0.2) is 0 Å². The van der Waals surface area contributed by atoms with Crippen LogP contribution in [0.3, 0.4) is 0 Å². The lowest BCUT2D eigenvalue weighted by atomic mass is 9.81. The van der Waals surface area contributed by atoms with E-state index in [-0.39, 0.29) is 5.41 Å². The van der Waals surface area contributed by atoms with Crippen LogP contribution >= 0.6 is 34.3 Å². The molecule has 2 aromatic rings. The summed E-state index contributed by atoms with van der Waals surface area (Å²) in [4.78, 5) is 11.3. The Hall–Kier alpha value is -0.490. The summed E-state index contributed by atoms with van der Waals surface area (Å²) < 4.78 is 0.793. The SMILES string of the molecule is CC1(c2ncc(Cl)s2)CCN(Cc2nccs2)CC1. The number of piperidine rings is 1. The van der Waals surface area contributed by atoms with Crippen LogP contribution in [0.1, 0.15) is 29.8 Å². The zero-order valence-corrected chi connectivity index (χ0v) is 13.2. The Morgan fingerprint density at radius 1 is 1.37 bits per heavy atom. The van der Waals surface area contributed by atoms with Crippen LogP contribution in [0, 0.1) is 0 Å². The van der Waals surface area contributed by atoms with E-state index in [9.17, 15) is 0 Å². The smallest absolute Gasteiger partial charge is 0.113 e. The monoisotopic (exact) mass is 313 g/mol. The number of rotatable bonds is 3. The highest BCUT2D eigenvalue weighted by atomic mass is 35.5. The molecule has 6 heteroatoms. The minimum absolute atomic E-state index is 0.192. The van der Waals surface area contributed by atoms with Crippen molar-refractivity contribution >= 4 is 34.3 Å². The topological polar surface area (TPSA) is 29.0 Å². The largest absolute Gasteiger partial charge is 0.297 e. The number of hydrogen-bond donors (Lipinski definition) is 0. The van der Waals surface area contributed by atoms with Crippen molar-refractivity contribution in [2.24, 2.45) is 0 Å². The maximum Gasteiger partial charge on any atom is 0.113 e. The molecule has 2 aromatic heterocycles. The van der Waals surface area contributed by atoms with E-state index in [4.69, 9.17) is 11.6 Å². The van der Waals surface area contributed by atoms with Gasteiger partial charge in [-0.3, -0.25) is 4.90 Å². The molecule has 102 valence electrons. The van der Waals surface area contributed by atoms with E-state index in [1.807, 2.05) is 11.6 Å². The maximum absolute atomic E-state index is 6.00. The molecule has 0 amide bonds. The van der Waals surface area contributed by atoms with Crippen molar-refractivity contribution in [3.8, 4) is 0 Å². The molecule has 1 saturated heterocycles. The number of hydrogen-bond acceptors (Lipinski definition) is 5. The van der Waals surface area contributed by atoms with Gasteiger partial charge in [0, 0.05) is 17.0 Å². The van der Waals surface area contributed by atoms with Crippen molar-refractivity contribution < 1.29 is 0 Å². The predicted octanol–water partition coefficient (Wildman–Crippen LogP) is 3.81. The third-order valence-corrected chi connectivity index (χ3v) is 5.98. The molecular formula is C13H16ClN3S2. The van der Waals surface area contributed by atoms with Crippen molar-refractivity contribution in [1.82, 2.24) is 14.9 Å². The molecule has 0 saturated carbocycles. The fourth-order valence-electron chi connectivity index (χ4n) is 2.47. The molecule has 3 nitrogen and oxygen atoms in total. The second-order valence-corrected chi connectivity index (χ2v) is 7.87. The molecule has 1 fully saturated rings. The molecule has 0 spiro atoms. The van der Waals surface area contributed by atoms with Crippen molar-refractivity contribution in [3.05, 3.63) is 32.1 Å². The number of thiazole rings is 2. The van der Waals surface area contributed by atoms with Crippen LogP contribution < -0.4 is 0 Å². The van der Waals surface area contributed by atoms with Gasteiger partial charge in [0.1, 0.15) is 9.34 Å². The first-order valence-electron chi connectivity index (χ1n) is 6.38. The first kappa shape index (κ1) is 13.5. The Morgan fingerprint density at radius 2 is 2.16 bits per heavy atom. The molecule has 0 unspecified atom stereocenters. The van der Waals surface area contributed by atoms with Gasteiger partial charge in [0.05, 0.1) is 17.7 Å². The summed E-state index contributed by atoms with van der Waals surface area (Å²) in [7, 11) is 0. The Labute approximate surface area is 126 Å². The molecule has 1 aliphatic rings. The minimum atomic E-state index is 0.192. The zero-order valence-electron chi connectivity index (χ0n) is 10.8. The van der Waals surface area contributed by atoms with Gasteiger partial charge in [-0.05, 0) is 25.9 Å². The second kappa shape index (κ2) is 5.48. The standard InChI is InChI=1S/C13H16ClN3S2/c1-13(12-16-8-10(14)19-12)2-5-17(6-3-13)9-11-15-4-7-18-11/h4,7-8H,2-3,5-6,9H2,1H3. The highest BCUT2D eigenvalue weighted by molar-refractivity contribution is 7.15. The maximum atomic E-state index is 6.00. The van der Waals surface area contributed by atoms with Crippen molar-refractivity contribution in [3.63, 3.8) is 0 Å². The number of likely N-dealkylation sites (tertiary alicyclic amines) is 1. The van der Waals surface area contributed by atoms with Crippen molar-refractivity contribution in [1.29, 1.82) is 0 Å². The summed E-state index contributed by atoms with van der Waals surface area (Å²) in [5.41, 5.74) is 0.192. The highest BCUT2D eigenvalue weighted by Crippen LogP contribution is 2.38. The Morgan fingerprint density at radius 3 is 2.74 bits per heavy atom. The van der Waals surface area contributed by atoms with Crippen LogP contribution in [0.2, 0.25) is 4.34 Å². The lowest BCUT2D eigenvalue weighted by Crippen LogP contribution is -2.40. The van der Waals surface area contributed by atoms with Crippen LogP contribution in [-0.4, -0.2) is 28.0 Å². The molecule has 1 aliphatic heterocycles. The summed E-state index contributed by atoms with van der Waals surface area (Å²) in [5.74, 6) is 0. The molecule has 19 heavy (non-hydrogen) atoms. The third kappa shape index (κ3) is 2.99. The number of nitrogens with zero attached hydrogens (tertiary/aromatic N) is 3. The van der Waals surface area contributed by atoms with E-state index in [1.165, 1.54) is 10.0 Å². The molecule has 0 bridgehead atoms. The first-order valence-corrected chi connectivity index (χ1v) is 8.46. The third-order valence-electron chi connectivity index (χ3n) is 3.80. The first-order chi connectivity index (χ1) is 9.16. The fourth-order valence-corrected chi connectivity index (χ4v) is 4.25. The molecule has 0 aromatic carbocycles. The number of aromatic nitrogens is 2. The molecule has 0 N–H and O–H groups in total. The Bertz CT molecular complexity index is 530. The van der Waals surface area contributed by atoms with Crippen LogP contribution in [-0.2, 0) is 12.0 Å². The lowest BCUT2D eigenvalue weighted by molar-refractivity contribution is 0.161. The summed E-state index contributed by atoms with van der Waals surface area (Å²) in [6.45, 7) is 5.50. The number of halogens is 1. The molecule has 0 aliphatic carbocycles. The van der Waals surface area contributed by atoms with Crippen LogP contribution in [0.25, 0.3) is 0 Å². The fraction of sp³-hybridized carbons (Fsp3) is 0.538. The van der Waals surface area contributed by atoms with Gasteiger partial charge in [-0.2, -0.15) is 0 Å². The summed E-state index contributed by atoms with van der Waals surface area (Å²) in [5, 5.41) is 4.44. The van der Waals surface area contributed by atoms with E-state index < -0.39 is 0 Å². The Kier molecular flexibility index (Phi) is 3.89. The molecule has 0 atom stereocenters.